The van der Waals surface area contributed by atoms with Crippen LogP contribution in [0.5, 0.6) is 23.0 Å². The first-order chi connectivity index (χ1) is 51.3. The molecule has 0 spiro atoms. The molecule has 16 aromatic rings. The van der Waals surface area contributed by atoms with Gasteiger partial charge in [-0.15, -0.1) is 35.7 Å². The fraction of sp³-hybridized carbons (Fsp3) is 0.191. The number of rotatable bonds is 22. The van der Waals surface area contributed by atoms with E-state index in [1.54, 1.807) is 0 Å². The summed E-state index contributed by atoms with van der Waals surface area (Å²) in [7, 11) is 0. The predicted octanol–water partition coefficient (Wildman–Crippen LogP) is 24.5. The Balaban J connectivity index is 0.000000160. The van der Waals surface area contributed by atoms with E-state index in [1.807, 2.05) is 113 Å². The molecule has 0 unspecified atom stereocenters. The van der Waals surface area contributed by atoms with Crippen molar-refractivity contribution in [2.24, 2.45) is 0 Å². The standard InChI is InChI=1S/C47H42N4O.C47H40N4O.Pt/c2*1-3-5-25-47(26-6-4-2)42-18-9-7-16-38(42)39-23-21-33(28-43(39)47)34-31-49-50(32-34)35-14-13-15-36(29-35)52-37-22-24-41-40-17-8-10-19-44(40)51(45(41)30-37)46-20-11-12-27-48-46;/h7-24,27-32H,3-6,25-26H2,1-2H3;7-24,27-28,31-32H,3-6,25-26H2,1-2H3;/q;-2;+2. The Bertz CT molecular complexity index is 5430. The van der Waals surface area contributed by atoms with Gasteiger partial charge in [0, 0.05) is 86.7 Å². The van der Waals surface area contributed by atoms with Gasteiger partial charge in [-0.05, 0) is 165 Å². The van der Waals surface area contributed by atoms with Gasteiger partial charge in [0.15, 0.2) is 0 Å². The number of unbranched alkanes of at least 4 members (excludes halogenated alkanes) is 4. The van der Waals surface area contributed by atoms with Gasteiger partial charge in [0.2, 0.25) is 0 Å². The van der Waals surface area contributed by atoms with Crippen LogP contribution >= 0.6 is 0 Å². The van der Waals surface area contributed by atoms with E-state index < -0.39 is 0 Å². The van der Waals surface area contributed by atoms with Crippen LogP contribution in [0.2, 0.25) is 0 Å². The molecule has 0 bridgehead atoms. The van der Waals surface area contributed by atoms with Crippen molar-refractivity contribution in [3.63, 3.8) is 0 Å². The number of benzene rings is 10. The maximum atomic E-state index is 6.52. The topological polar surface area (TPSA) is 89.7 Å². The molecule has 2 aliphatic rings. The largest absolute Gasteiger partial charge is 2.00 e. The normalized spacial score (nSPS) is 12.9. The average molecular weight is 1550 g/mol. The molecule has 0 saturated carbocycles. The molecule has 6 heterocycles. The van der Waals surface area contributed by atoms with E-state index in [4.69, 9.17) is 19.7 Å². The zero-order chi connectivity index (χ0) is 70.1. The maximum absolute atomic E-state index is 6.52. The average Bonchev–Trinajstić information content (AvgIpc) is 1.57. The van der Waals surface area contributed by atoms with E-state index in [0.29, 0.717) is 11.5 Å². The van der Waals surface area contributed by atoms with Crippen LogP contribution in [0.1, 0.15) is 127 Å². The van der Waals surface area contributed by atoms with Gasteiger partial charge in [-0.3, -0.25) is 9.25 Å². The predicted molar refractivity (Wildman–Crippen MR) is 424 cm³/mol. The summed E-state index contributed by atoms with van der Waals surface area (Å²) >= 11 is 0. The van der Waals surface area contributed by atoms with E-state index in [2.05, 4.69) is 235 Å². The van der Waals surface area contributed by atoms with Crippen molar-refractivity contribution in [3.8, 4) is 90.5 Å². The van der Waals surface area contributed by atoms with Crippen molar-refractivity contribution in [1.82, 2.24) is 38.7 Å². The molecule has 0 saturated heterocycles. The van der Waals surface area contributed by atoms with Crippen LogP contribution in [0.25, 0.3) is 111 Å². The molecule has 6 aromatic heterocycles. The van der Waals surface area contributed by atoms with Gasteiger partial charge in [0.05, 0.1) is 29.1 Å². The number of para-hydroxylation sites is 2. The van der Waals surface area contributed by atoms with Crippen LogP contribution in [-0.4, -0.2) is 38.7 Å². The summed E-state index contributed by atoms with van der Waals surface area (Å²) < 4.78 is 21.1. The number of hydrogen-bond acceptors (Lipinski definition) is 6. The van der Waals surface area contributed by atoms with Crippen LogP contribution in [-0.2, 0) is 31.9 Å². The van der Waals surface area contributed by atoms with E-state index in [-0.39, 0.29) is 31.9 Å². The smallest absolute Gasteiger partial charge is 0.509 e. The summed E-state index contributed by atoms with van der Waals surface area (Å²) in [5.41, 5.74) is 22.1. The Morgan fingerprint density at radius 3 is 1.47 bits per heavy atom. The van der Waals surface area contributed by atoms with Crippen molar-refractivity contribution in [2.75, 3.05) is 0 Å². The summed E-state index contributed by atoms with van der Waals surface area (Å²) in [5, 5.41) is 14.2. The number of fused-ring (bicyclic) bond motifs is 12. The molecular formula is C94H82N8O2Pt. The Kier molecular flexibility index (Phi) is 19.2. The fourth-order valence-electron chi connectivity index (χ4n) is 16.7. The fourth-order valence-corrected chi connectivity index (χ4v) is 16.7. The van der Waals surface area contributed by atoms with Gasteiger partial charge >= 0.3 is 21.1 Å². The summed E-state index contributed by atoms with van der Waals surface area (Å²) in [6.07, 6.45) is 26.2. The van der Waals surface area contributed by atoms with Crippen LogP contribution in [0.3, 0.4) is 0 Å². The van der Waals surface area contributed by atoms with Crippen LogP contribution in [0.15, 0.2) is 280 Å². The molecule has 105 heavy (non-hydrogen) atoms. The second kappa shape index (κ2) is 29.5. The van der Waals surface area contributed by atoms with Gasteiger partial charge in [0.1, 0.15) is 23.1 Å². The number of nitrogens with zero attached hydrogens (tertiary/aromatic N) is 8. The van der Waals surface area contributed by atoms with E-state index in [9.17, 15) is 0 Å². The van der Waals surface area contributed by atoms with Gasteiger partial charge < -0.3 is 14.0 Å². The van der Waals surface area contributed by atoms with Crippen molar-refractivity contribution in [3.05, 3.63) is 314 Å². The summed E-state index contributed by atoms with van der Waals surface area (Å²) in [6.45, 7) is 9.22. The molecule has 10 aromatic carbocycles. The third-order valence-corrected chi connectivity index (χ3v) is 21.7. The first kappa shape index (κ1) is 68.2. The molecule has 11 heteroatoms. The number of hydrogen-bond donors (Lipinski definition) is 0. The van der Waals surface area contributed by atoms with E-state index in [1.165, 1.54) is 138 Å². The molecule has 2 aliphatic carbocycles. The molecule has 520 valence electrons. The van der Waals surface area contributed by atoms with E-state index >= 15 is 0 Å². The minimum atomic E-state index is 0. The summed E-state index contributed by atoms with van der Waals surface area (Å²) in [6, 6.07) is 92.5. The maximum Gasteiger partial charge on any atom is 2.00 e. The second-order valence-electron chi connectivity index (χ2n) is 28.0. The Morgan fingerprint density at radius 1 is 0.362 bits per heavy atom. The molecule has 0 amide bonds. The van der Waals surface area contributed by atoms with Crippen molar-refractivity contribution < 1.29 is 30.5 Å². The molecule has 10 nitrogen and oxygen atoms in total. The SMILES string of the molecule is CCCCC1(CCCC)c2ccccc2-c2ccc(-c3cnn(-c4[c-]c(Oc5[c-]c6c(cc5)c5ccccc5n6-c5ccccn5)ccc4)c3)cc21.CCCCC1(CCCC)c2ccccc2-c2ccc(-c3cnn(-c4cccc(Oc5ccc6c7ccccc7n(-c7ccccn7)c6c5)c4)c3)cc21.[Pt+2]. The molecular weight excluding hydrogens is 1470 g/mol. The van der Waals surface area contributed by atoms with Crippen LogP contribution < -0.4 is 9.47 Å². The molecule has 0 N–H and O–H groups in total. The summed E-state index contributed by atoms with van der Waals surface area (Å²) in [5.74, 6) is 4.43. The van der Waals surface area contributed by atoms with Crippen molar-refractivity contribution in [2.45, 2.75) is 116 Å². The van der Waals surface area contributed by atoms with Crippen molar-refractivity contribution in [1.29, 1.82) is 0 Å². The molecule has 0 radical (unpaired) electrons. The quantitative estimate of drug-likeness (QED) is 0.0628. The first-order valence-electron chi connectivity index (χ1n) is 37.2. The molecule has 0 aliphatic heterocycles. The second-order valence-corrected chi connectivity index (χ2v) is 28.0. The zero-order valence-corrected chi connectivity index (χ0v) is 62.0. The van der Waals surface area contributed by atoms with Gasteiger partial charge in [-0.2, -0.15) is 22.3 Å². The Labute approximate surface area is 628 Å². The van der Waals surface area contributed by atoms with Crippen LogP contribution in [0, 0.1) is 12.1 Å². The number of pyridine rings is 2. The molecule has 18 rings (SSSR count). The van der Waals surface area contributed by atoms with Crippen molar-refractivity contribution >= 4 is 43.6 Å². The van der Waals surface area contributed by atoms with Gasteiger partial charge in [0.25, 0.3) is 0 Å². The van der Waals surface area contributed by atoms with Gasteiger partial charge in [-0.25, -0.2) is 14.6 Å². The van der Waals surface area contributed by atoms with E-state index in [0.717, 1.165) is 83.9 Å². The molecule has 0 fully saturated rings. The minimum absolute atomic E-state index is 0. The third kappa shape index (κ3) is 12.6. The Morgan fingerprint density at radius 2 is 0.857 bits per heavy atom. The van der Waals surface area contributed by atoms with Gasteiger partial charge in [-0.1, -0.05) is 212 Å². The summed E-state index contributed by atoms with van der Waals surface area (Å²) in [4.78, 5) is 9.32. The van der Waals surface area contributed by atoms with Crippen LogP contribution in [0.4, 0.5) is 0 Å². The monoisotopic (exact) mass is 1550 g/mol. The molecule has 0 atom stereocenters. The number of aromatic nitrogens is 8. The minimum Gasteiger partial charge on any atom is -0.509 e. The zero-order valence-electron chi connectivity index (χ0n) is 59.8. The number of ether oxygens (including phenoxy) is 2. The Hall–Kier alpha value is -11.2. The first-order valence-corrected chi connectivity index (χ1v) is 37.2. The third-order valence-electron chi connectivity index (χ3n) is 21.7.